The fourth-order valence-corrected chi connectivity index (χ4v) is 6.25. The molecule has 1 aromatic rings. The molecule has 0 N–H and O–H groups in total. The molecule has 1 aliphatic rings. The number of benzene rings is 1. The van der Waals surface area contributed by atoms with Gasteiger partial charge in [0.15, 0.2) is 0 Å². The number of carbonyl (C=O) groups is 2. The van der Waals surface area contributed by atoms with Gasteiger partial charge in [0.2, 0.25) is 15.9 Å². The Labute approximate surface area is 186 Å². The number of aryl methyl sites for hydroxylation is 3. The highest BCUT2D eigenvalue weighted by Crippen LogP contribution is 2.29. The molecule has 1 amide bonds. The maximum Gasteiger partial charge on any atom is 0.307 e. The monoisotopic (exact) mass is 452 g/mol. The average molecular weight is 453 g/mol. The lowest BCUT2D eigenvalue weighted by atomic mass is 9.96. The van der Waals surface area contributed by atoms with Crippen molar-refractivity contribution >= 4 is 21.9 Å². The average Bonchev–Trinajstić information content (AvgIpc) is 2.69. The van der Waals surface area contributed by atoms with Gasteiger partial charge >= 0.3 is 5.97 Å². The third-order valence-corrected chi connectivity index (χ3v) is 7.92. The minimum atomic E-state index is -3.61. The van der Waals surface area contributed by atoms with Crippen LogP contribution in [-0.4, -0.2) is 62.8 Å². The summed E-state index contributed by atoms with van der Waals surface area (Å²) in [5.74, 6) is -0.304. The third kappa shape index (κ3) is 6.29. The van der Waals surface area contributed by atoms with Gasteiger partial charge in [-0.05, 0) is 50.7 Å². The maximum absolute atomic E-state index is 13.3. The Bertz CT molecular complexity index is 880. The van der Waals surface area contributed by atoms with Crippen molar-refractivity contribution in [2.75, 3.05) is 33.3 Å². The zero-order valence-corrected chi connectivity index (χ0v) is 20.4. The van der Waals surface area contributed by atoms with Gasteiger partial charge in [-0.15, -0.1) is 0 Å². The molecule has 0 atom stereocenters. The summed E-state index contributed by atoms with van der Waals surface area (Å²) >= 11 is 0. The van der Waals surface area contributed by atoms with Crippen LogP contribution in [0.15, 0.2) is 17.0 Å². The van der Waals surface area contributed by atoms with E-state index in [4.69, 9.17) is 4.74 Å². The fourth-order valence-electron chi connectivity index (χ4n) is 4.36. The molecule has 174 valence electrons. The van der Waals surface area contributed by atoms with Crippen LogP contribution >= 0.6 is 0 Å². The summed E-state index contributed by atoms with van der Waals surface area (Å²) in [5, 5.41) is 0. The van der Waals surface area contributed by atoms with Gasteiger partial charge in [0.1, 0.15) is 0 Å². The third-order valence-electron chi connectivity index (χ3n) is 5.72. The smallest absolute Gasteiger partial charge is 0.307 e. The summed E-state index contributed by atoms with van der Waals surface area (Å²) in [6.07, 6.45) is 1.12. The number of ether oxygens (including phenoxy) is 1. The van der Waals surface area contributed by atoms with E-state index in [2.05, 4.69) is 0 Å². The summed E-state index contributed by atoms with van der Waals surface area (Å²) < 4.78 is 32.8. The molecule has 1 aromatic carbocycles. The molecule has 31 heavy (non-hydrogen) atoms. The number of hydrogen-bond acceptors (Lipinski definition) is 5. The number of esters is 1. The van der Waals surface area contributed by atoms with Crippen LogP contribution in [0.4, 0.5) is 0 Å². The molecule has 7 nitrogen and oxygen atoms in total. The molecule has 1 fully saturated rings. The first kappa shape index (κ1) is 25.3. The van der Waals surface area contributed by atoms with Gasteiger partial charge in [0.05, 0.1) is 18.4 Å². The van der Waals surface area contributed by atoms with Gasteiger partial charge < -0.3 is 9.64 Å². The molecule has 0 spiro atoms. The van der Waals surface area contributed by atoms with E-state index in [9.17, 15) is 18.0 Å². The SMILES string of the molecule is COC(=O)CCN(CC(C)C)C(=O)C1CCN(S(=O)(=O)c2c(C)cc(C)cc2C)CC1. The summed E-state index contributed by atoms with van der Waals surface area (Å²) in [4.78, 5) is 26.7. The lowest BCUT2D eigenvalue weighted by Gasteiger charge is -2.34. The Kier molecular flexibility index (Phi) is 8.65. The first-order valence-electron chi connectivity index (χ1n) is 10.9. The number of nitrogens with zero attached hydrogens (tertiary/aromatic N) is 2. The van der Waals surface area contributed by atoms with E-state index in [1.165, 1.54) is 11.4 Å². The largest absolute Gasteiger partial charge is 0.469 e. The normalized spacial score (nSPS) is 15.8. The number of carbonyl (C=O) groups excluding carboxylic acids is 2. The van der Waals surface area contributed by atoms with Gasteiger partial charge in [0.25, 0.3) is 0 Å². The molecule has 0 unspecified atom stereocenters. The molecular formula is C23H36N2O5S. The summed E-state index contributed by atoms with van der Waals surface area (Å²) in [6.45, 7) is 11.2. The van der Waals surface area contributed by atoms with Crippen molar-refractivity contribution in [3.05, 3.63) is 28.8 Å². The van der Waals surface area contributed by atoms with Crippen LogP contribution in [0.2, 0.25) is 0 Å². The van der Waals surface area contributed by atoms with Crippen LogP contribution in [0, 0.1) is 32.6 Å². The van der Waals surface area contributed by atoms with E-state index in [0.717, 1.165) is 16.7 Å². The predicted molar refractivity (Wildman–Crippen MR) is 120 cm³/mol. The Morgan fingerprint density at radius 1 is 1.13 bits per heavy atom. The number of sulfonamides is 1. The number of rotatable bonds is 8. The number of hydrogen-bond donors (Lipinski definition) is 0. The summed E-state index contributed by atoms with van der Waals surface area (Å²) in [7, 11) is -2.27. The van der Waals surface area contributed by atoms with Gasteiger partial charge in [-0.1, -0.05) is 31.5 Å². The Morgan fingerprint density at radius 3 is 2.16 bits per heavy atom. The topological polar surface area (TPSA) is 84.0 Å². The van der Waals surface area contributed by atoms with E-state index in [1.807, 2.05) is 46.8 Å². The van der Waals surface area contributed by atoms with Gasteiger partial charge in [-0.3, -0.25) is 9.59 Å². The molecule has 8 heteroatoms. The second-order valence-electron chi connectivity index (χ2n) is 8.91. The molecule has 0 bridgehead atoms. The molecular weight excluding hydrogens is 416 g/mol. The van der Waals surface area contributed by atoms with Gasteiger partial charge in [0, 0.05) is 32.1 Å². The fraction of sp³-hybridized carbons (Fsp3) is 0.652. The highest BCUT2D eigenvalue weighted by molar-refractivity contribution is 7.89. The summed E-state index contributed by atoms with van der Waals surface area (Å²) in [6, 6.07) is 3.78. The molecule has 0 aliphatic carbocycles. The highest BCUT2D eigenvalue weighted by atomic mass is 32.2. The zero-order valence-electron chi connectivity index (χ0n) is 19.6. The van der Waals surface area contributed by atoms with Crippen LogP contribution < -0.4 is 0 Å². The van der Waals surface area contributed by atoms with Crippen molar-refractivity contribution in [2.24, 2.45) is 11.8 Å². The molecule has 1 heterocycles. The highest BCUT2D eigenvalue weighted by Gasteiger charge is 2.35. The second kappa shape index (κ2) is 10.6. The molecule has 0 aromatic heterocycles. The first-order valence-corrected chi connectivity index (χ1v) is 12.3. The van der Waals surface area contributed by atoms with Crippen LogP contribution in [0.3, 0.4) is 0 Å². The van der Waals surface area contributed by atoms with Crippen LogP contribution in [0.1, 0.15) is 49.8 Å². The van der Waals surface area contributed by atoms with Gasteiger partial charge in [-0.25, -0.2) is 8.42 Å². The minimum Gasteiger partial charge on any atom is -0.469 e. The van der Waals surface area contributed by atoms with E-state index in [0.29, 0.717) is 43.9 Å². The van der Waals surface area contributed by atoms with Gasteiger partial charge in [-0.2, -0.15) is 4.31 Å². The van der Waals surface area contributed by atoms with E-state index in [1.54, 1.807) is 4.90 Å². The Balaban J connectivity index is 2.09. The molecule has 1 saturated heterocycles. The van der Waals surface area contributed by atoms with Crippen LogP contribution in [0.25, 0.3) is 0 Å². The maximum atomic E-state index is 13.3. The van der Waals surface area contributed by atoms with Crippen LogP contribution in [0.5, 0.6) is 0 Å². The quantitative estimate of drug-likeness (QED) is 0.566. The molecule has 0 radical (unpaired) electrons. The Morgan fingerprint density at radius 2 is 1.68 bits per heavy atom. The zero-order chi connectivity index (χ0) is 23.3. The lowest BCUT2D eigenvalue weighted by Crippen LogP contribution is -2.46. The lowest BCUT2D eigenvalue weighted by molar-refractivity contribution is -0.143. The first-order chi connectivity index (χ1) is 14.5. The minimum absolute atomic E-state index is 0.00246. The number of amides is 1. The van der Waals surface area contributed by atoms with Crippen molar-refractivity contribution in [1.29, 1.82) is 0 Å². The number of methoxy groups -OCH3 is 1. The van der Waals surface area contributed by atoms with Crippen molar-refractivity contribution in [3.63, 3.8) is 0 Å². The van der Waals surface area contributed by atoms with E-state index in [-0.39, 0.29) is 30.1 Å². The molecule has 1 aliphatic heterocycles. The molecule has 0 saturated carbocycles. The van der Waals surface area contributed by atoms with Crippen molar-refractivity contribution in [1.82, 2.24) is 9.21 Å². The summed E-state index contributed by atoms with van der Waals surface area (Å²) in [5.41, 5.74) is 2.54. The Hall–Kier alpha value is -1.93. The van der Waals surface area contributed by atoms with Crippen molar-refractivity contribution < 1.29 is 22.7 Å². The van der Waals surface area contributed by atoms with Crippen molar-refractivity contribution in [2.45, 2.75) is 58.8 Å². The molecule has 2 rings (SSSR count). The van der Waals surface area contributed by atoms with E-state index < -0.39 is 10.0 Å². The van der Waals surface area contributed by atoms with Crippen molar-refractivity contribution in [3.8, 4) is 0 Å². The predicted octanol–water partition coefficient (Wildman–Crippen LogP) is 3.06. The standard InChI is InChI=1S/C23H36N2O5S/c1-16(2)15-24(10-9-21(26)30-6)23(27)20-7-11-25(12-8-20)31(28,29)22-18(4)13-17(3)14-19(22)5/h13-14,16,20H,7-12,15H2,1-6H3. The van der Waals surface area contributed by atoms with Crippen LogP contribution in [-0.2, 0) is 24.3 Å². The number of piperidine rings is 1. The van der Waals surface area contributed by atoms with E-state index >= 15 is 0 Å². The second-order valence-corrected chi connectivity index (χ2v) is 10.8.